The topological polar surface area (TPSA) is 104 Å². The van der Waals surface area contributed by atoms with Gasteiger partial charge < -0.3 is 14.7 Å². The van der Waals surface area contributed by atoms with Crippen molar-refractivity contribution < 1.29 is 19.0 Å². The van der Waals surface area contributed by atoms with Gasteiger partial charge in [0.05, 0.1) is 6.10 Å². The summed E-state index contributed by atoms with van der Waals surface area (Å²) in [6.07, 6.45) is 0.360. The summed E-state index contributed by atoms with van der Waals surface area (Å²) in [6, 6.07) is 13.3. The summed E-state index contributed by atoms with van der Waals surface area (Å²) in [5.74, 6) is 0.972. The highest BCUT2D eigenvalue weighted by Gasteiger charge is 2.28. The zero-order valence-corrected chi connectivity index (χ0v) is 16.2. The molecule has 0 saturated carbocycles. The van der Waals surface area contributed by atoms with E-state index in [1.54, 1.807) is 36.4 Å². The van der Waals surface area contributed by atoms with Gasteiger partial charge in [-0.2, -0.15) is 0 Å². The van der Waals surface area contributed by atoms with E-state index in [9.17, 15) is 14.3 Å². The average Bonchev–Trinajstić information content (AvgIpc) is 3.45. The lowest BCUT2D eigenvalue weighted by molar-refractivity contribution is 0.0790. The molecule has 0 bridgehead atoms. The molecule has 0 radical (unpaired) electrons. The number of amides is 1. The van der Waals surface area contributed by atoms with Crippen LogP contribution in [0.25, 0.3) is 0 Å². The number of rotatable bonds is 7. The van der Waals surface area contributed by atoms with E-state index >= 15 is 0 Å². The predicted molar refractivity (Wildman–Crippen MR) is 105 cm³/mol. The van der Waals surface area contributed by atoms with E-state index in [4.69, 9.17) is 4.74 Å². The molecule has 1 amide bonds. The number of aromatic nitrogens is 4. The van der Waals surface area contributed by atoms with Crippen molar-refractivity contribution in [3.63, 3.8) is 0 Å². The van der Waals surface area contributed by atoms with Crippen molar-refractivity contribution in [2.24, 2.45) is 0 Å². The van der Waals surface area contributed by atoms with Gasteiger partial charge >= 0.3 is 0 Å². The first-order chi connectivity index (χ1) is 14.6. The summed E-state index contributed by atoms with van der Waals surface area (Å²) in [7, 11) is 0. The minimum absolute atomic E-state index is 0.0379. The summed E-state index contributed by atoms with van der Waals surface area (Å²) >= 11 is 0. The van der Waals surface area contributed by atoms with Gasteiger partial charge in [-0.05, 0) is 58.8 Å². The van der Waals surface area contributed by atoms with Crippen LogP contribution in [0.5, 0.6) is 5.75 Å². The molecule has 1 aliphatic rings. The standard InChI is InChI=1S/C21H22FN5O3/c22-17-5-1-14(2-6-17)16-9-10-27(12-16)21(29)15-3-7-19(8-4-15)30-13-18(28)11-20-23-25-26-24-20/h1-8,16,18,28H,9-13H2,(H,23,24,25,26)/t16-,18?/m0/s1. The van der Waals surface area contributed by atoms with Gasteiger partial charge in [-0.15, -0.1) is 5.10 Å². The fraction of sp³-hybridized carbons (Fsp3) is 0.333. The molecule has 1 aliphatic heterocycles. The Kier molecular flexibility index (Phi) is 5.99. The number of H-pyrrole nitrogens is 1. The van der Waals surface area contributed by atoms with Crippen molar-refractivity contribution in [2.75, 3.05) is 19.7 Å². The number of ether oxygens (including phenoxy) is 1. The highest BCUT2D eigenvalue weighted by molar-refractivity contribution is 5.94. The van der Waals surface area contributed by atoms with Gasteiger partial charge in [0.1, 0.15) is 18.2 Å². The normalized spacial score (nSPS) is 17.1. The Bertz CT molecular complexity index is 963. The average molecular weight is 411 g/mol. The van der Waals surface area contributed by atoms with Crippen LogP contribution in [0, 0.1) is 5.82 Å². The van der Waals surface area contributed by atoms with Crippen LogP contribution >= 0.6 is 0 Å². The molecule has 4 rings (SSSR count). The number of aromatic amines is 1. The van der Waals surface area contributed by atoms with Crippen LogP contribution in [-0.4, -0.2) is 62.3 Å². The second-order valence-electron chi connectivity index (χ2n) is 7.33. The number of carbonyl (C=O) groups is 1. The number of tetrazole rings is 1. The molecule has 2 N–H and O–H groups in total. The number of nitrogens with zero attached hydrogens (tertiary/aromatic N) is 4. The molecule has 0 aliphatic carbocycles. The number of halogens is 1. The molecule has 1 aromatic heterocycles. The summed E-state index contributed by atoms with van der Waals surface area (Å²) in [6.45, 7) is 1.37. The van der Waals surface area contributed by atoms with E-state index < -0.39 is 6.10 Å². The smallest absolute Gasteiger partial charge is 0.253 e. The van der Waals surface area contributed by atoms with Crippen molar-refractivity contribution in [1.29, 1.82) is 0 Å². The van der Waals surface area contributed by atoms with Crippen molar-refractivity contribution in [3.05, 3.63) is 71.3 Å². The van der Waals surface area contributed by atoms with Crippen molar-refractivity contribution in [2.45, 2.75) is 24.9 Å². The molecule has 2 heterocycles. The van der Waals surface area contributed by atoms with E-state index in [1.807, 2.05) is 4.90 Å². The van der Waals surface area contributed by atoms with E-state index in [2.05, 4.69) is 20.6 Å². The third kappa shape index (κ3) is 4.80. The molecule has 0 spiro atoms. The second-order valence-corrected chi connectivity index (χ2v) is 7.33. The van der Waals surface area contributed by atoms with Gasteiger partial charge in [0.25, 0.3) is 5.91 Å². The lowest BCUT2D eigenvalue weighted by atomic mass is 9.99. The SMILES string of the molecule is O=C(c1ccc(OCC(O)Cc2nnn[nH]2)cc1)N1CC[C@H](c2ccc(F)cc2)C1. The van der Waals surface area contributed by atoms with Crippen LogP contribution in [0.3, 0.4) is 0 Å². The first-order valence-corrected chi connectivity index (χ1v) is 9.77. The van der Waals surface area contributed by atoms with E-state index in [1.165, 1.54) is 12.1 Å². The Morgan fingerprint density at radius 2 is 2.00 bits per heavy atom. The third-order valence-electron chi connectivity index (χ3n) is 5.18. The molecule has 8 nitrogen and oxygen atoms in total. The fourth-order valence-corrected chi connectivity index (χ4v) is 3.57. The zero-order chi connectivity index (χ0) is 20.9. The number of aliphatic hydroxyl groups is 1. The van der Waals surface area contributed by atoms with E-state index in [0.717, 1.165) is 12.0 Å². The molecule has 9 heteroatoms. The Morgan fingerprint density at radius 1 is 1.23 bits per heavy atom. The summed E-state index contributed by atoms with van der Waals surface area (Å²) in [5, 5.41) is 23.2. The van der Waals surface area contributed by atoms with Gasteiger partial charge in [0, 0.05) is 31.0 Å². The molecule has 1 saturated heterocycles. The highest BCUT2D eigenvalue weighted by Crippen LogP contribution is 2.28. The number of carbonyl (C=O) groups excluding carboxylic acids is 1. The highest BCUT2D eigenvalue weighted by atomic mass is 19.1. The van der Waals surface area contributed by atoms with Gasteiger partial charge in [-0.1, -0.05) is 12.1 Å². The van der Waals surface area contributed by atoms with Gasteiger partial charge in [-0.3, -0.25) is 4.79 Å². The van der Waals surface area contributed by atoms with E-state index in [0.29, 0.717) is 30.2 Å². The van der Waals surface area contributed by atoms with Crippen molar-refractivity contribution >= 4 is 5.91 Å². The molecular weight excluding hydrogens is 389 g/mol. The third-order valence-corrected chi connectivity index (χ3v) is 5.18. The van der Waals surface area contributed by atoms with Crippen molar-refractivity contribution in [3.8, 4) is 5.75 Å². The number of hydrogen-bond donors (Lipinski definition) is 2. The zero-order valence-electron chi connectivity index (χ0n) is 16.2. The first kappa shape index (κ1) is 20.0. The molecule has 156 valence electrons. The number of hydrogen-bond acceptors (Lipinski definition) is 6. The Morgan fingerprint density at radius 3 is 2.70 bits per heavy atom. The number of aliphatic hydroxyl groups excluding tert-OH is 1. The van der Waals surface area contributed by atoms with Crippen LogP contribution in [-0.2, 0) is 6.42 Å². The second kappa shape index (κ2) is 9.00. The van der Waals surface area contributed by atoms with Crippen LogP contribution in [0.2, 0.25) is 0 Å². The Labute approximate surface area is 172 Å². The first-order valence-electron chi connectivity index (χ1n) is 9.77. The van der Waals surface area contributed by atoms with Crippen LogP contribution in [0.4, 0.5) is 4.39 Å². The molecule has 2 aromatic carbocycles. The molecule has 30 heavy (non-hydrogen) atoms. The molecule has 3 aromatic rings. The van der Waals surface area contributed by atoms with Crippen molar-refractivity contribution in [1.82, 2.24) is 25.5 Å². The maximum absolute atomic E-state index is 13.1. The Hall–Kier alpha value is -3.33. The van der Waals surface area contributed by atoms with Crippen LogP contribution < -0.4 is 4.74 Å². The number of nitrogens with one attached hydrogen (secondary N) is 1. The summed E-state index contributed by atoms with van der Waals surface area (Å²) in [4.78, 5) is 14.6. The minimum Gasteiger partial charge on any atom is -0.491 e. The maximum atomic E-state index is 13.1. The lowest BCUT2D eigenvalue weighted by Gasteiger charge is -2.17. The van der Waals surface area contributed by atoms with Gasteiger partial charge in [0.15, 0.2) is 5.82 Å². The van der Waals surface area contributed by atoms with Crippen LogP contribution in [0.1, 0.15) is 34.1 Å². The van der Waals surface area contributed by atoms with Gasteiger partial charge in [0.2, 0.25) is 0 Å². The van der Waals surface area contributed by atoms with Crippen LogP contribution in [0.15, 0.2) is 48.5 Å². The predicted octanol–water partition coefficient (Wildman–Crippen LogP) is 1.95. The summed E-state index contributed by atoms with van der Waals surface area (Å²) in [5.41, 5.74) is 1.63. The molecule has 2 atom stereocenters. The lowest BCUT2D eigenvalue weighted by Crippen LogP contribution is -2.28. The Balaban J connectivity index is 1.29. The quantitative estimate of drug-likeness (QED) is 0.616. The monoisotopic (exact) mass is 411 g/mol. The molecule has 1 fully saturated rings. The minimum atomic E-state index is -0.756. The molecular formula is C21H22FN5O3. The fourth-order valence-electron chi connectivity index (χ4n) is 3.57. The maximum Gasteiger partial charge on any atom is 0.253 e. The van der Waals surface area contributed by atoms with E-state index in [-0.39, 0.29) is 30.7 Å². The van der Waals surface area contributed by atoms with Gasteiger partial charge in [-0.25, -0.2) is 9.49 Å². The largest absolute Gasteiger partial charge is 0.491 e. The number of likely N-dealkylation sites (tertiary alicyclic amines) is 1. The molecule has 1 unspecified atom stereocenters. The number of benzene rings is 2. The summed E-state index contributed by atoms with van der Waals surface area (Å²) < 4.78 is 18.7.